The lowest BCUT2D eigenvalue weighted by atomic mass is 10.1. The summed E-state index contributed by atoms with van der Waals surface area (Å²) in [6.07, 6.45) is 0. The van der Waals surface area contributed by atoms with E-state index in [0.717, 1.165) is 25.8 Å². The quantitative estimate of drug-likeness (QED) is 0.758. The summed E-state index contributed by atoms with van der Waals surface area (Å²) in [5, 5.41) is 3.25. The summed E-state index contributed by atoms with van der Waals surface area (Å²) in [7, 11) is 1.95. The van der Waals surface area contributed by atoms with Gasteiger partial charge in [0.25, 0.3) is 0 Å². The molecule has 0 bridgehead atoms. The normalized spacial score (nSPS) is 12.2. The monoisotopic (exact) mass is 397 g/mol. The molecule has 0 aliphatic carbocycles. The molecule has 0 radical (unpaired) electrons. The molecule has 0 aliphatic heterocycles. The largest absolute Gasteiger partial charge is 0.489 e. The number of benzene rings is 2. The van der Waals surface area contributed by atoms with E-state index in [1.54, 1.807) is 0 Å². The predicted molar refractivity (Wildman–Crippen MR) is 90.1 cm³/mol. The minimum absolute atomic E-state index is 0.238. The van der Waals surface area contributed by atoms with Gasteiger partial charge >= 0.3 is 0 Å². The van der Waals surface area contributed by atoms with Crippen LogP contribution in [0.5, 0.6) is 5.75 Å². The molecule has 1 N–H and O–H groups in total. The molecule has 0 saturated carbocycles. The second kappa shape index (κ2) is 7.25. The topological polar surface area (TPSA) is 21.3 Å². The second-order valence-corrected chi connectivity index (χ2v) is 6.34. The summed E-state index contributed by atoms with van der Waals surface area (Å²) in [5.41, 5.74) is 2.28. The van der Waals surface area contributed by atoms with Crippen LogP contribution in [-0.2, 0) is 6.61 Å². The Hall–Kier alpha value is -0.840. The molecule has 1 unspecified atom stereocenters. The Morgan fingerprint density at radius 3 is 2.60 bits per heavy atom. The summed E-state index contributed by atoms with van der Waals surface area (Å²) in [6.45, 7) is 2.67. The van der Waals surface area contributed by atoms with E-state index in [-0.39, 0.29) is 6.04 Å². The average Bonchev–Trinajstić information content (AvgIpc) is 2.46. The molecule has 0 fully saturated rings. The van der Waals surface area contributed by atoms with E-state index < -0.39 is 0 Å². The van der Waals surface area contributed by atoms with E-state index in [1.165, 1.54) is 0 Å². The standard InChI is InChI=1S/C16H17Br2NO/c1-11(19-2)14-9-13(17)7-8-16(14)20-10-12-5-3-4-6-15(12)18/h3-9,11,19H,10H2,1-2H3. The maximum atomic E-state index is 5.99. The zero-order chi connectivity index (χ0) is 14.5. The van der Waals surface area contributed by atoms with Crippen LogP contribution in [0, 0.1) is 0 Å². The van der Waals surface area contributed by atoms with Crippen LogP contribution in [0.4, 0.5) is 0 Å². The van der Waals surface area contributed by atoms with Gasteiger partial charge in [-0.05, 0) is 38.2 Å². The van der Waals surface area contributed by atoms with Crippen molar-refractivity contribution in [2.45, 2.75) is 19.6 Å². The smallest absolute Gasteiger partial charge is 0.124 e. The maximum Gasteiger partial charge on any atom is 0.124 e. The van der Waals surface area contributed by atoms with Gasteiger partial charge < -0.3 is 10.1 Å². The van der Waals surface area contributed by atoms with Crippen LogP contribution in [-0.4, -0.2) is 7.05 Å². The van der Waals surface area contributed by atoms with E-state index in [2.05, 4.69) is 56.2 Å². The summed E-state index contributed by atoms with van der Waals surface area (Å²) < 4.78 is 8.12. The van der Waals surface area contributed by atoms with Gasteiger partial charge in [-0.1, -0.05) is 50.1 Å². The molecule has 0 heterocycles. The Bertz CT molecular complexity index is 586. The van der Waals surface area contributed by atoms with Crippen LogP contribution < -0.4 is 10.1 Å². The predicted octanol–water partition coefficient (Wildman–Crippen LogP) is 5.07. The number of hydrogen-bond acceptors (Lipinski definition) is 2. The Labute approximate surface area is 136 Å². The fourth-order valence-corrected chi connectivity index (χ4v) is 2.69. The van der Waals surface area contributed by atoms with Crippen LogP contribution >= 0.6 is 31.9 Å². The summed E-state index contributed by atoms with van der Waals surface area (Å²) in [5.74, 6) is 0.908. The van der Waals surface area contributed by atoms with Crippen molar-refractivity contribution in [3.05, 3.63) is 62.5 Å². The number of halogens is 2. The van der Waals surface area contributed by atoms with Gasteiger partial charge in [0.2, 0.25) is 0 Å². The third-order valence-electron chi connectivity index (χ3n) is 3.21. The SMILES string of the molecule is CNC(C)c1cc(Br)ccc1OCc1ccccc1Br. The van der Waals surface area contributed by atoms with Crippen molar-refractivity contribution in [3.63, 3.8) is 0 Å². The molecule has 1 atom stereocenters. The highest BCUT2D eigenvalue weighted by atomic mass is 79.9. The highest BCUT2D eigenvalue weighted by Gasteiger charge is 2.11. The summed E-state index contributed by atoms with van der Waals surface area (Å²) in [4.78, 5) is 0. The molecule has 0 spiro atoms. The molecule has 106 valence electrons. The van der Waals surface area contributed by atoms with E-state index in [0.29, 0.717) is 6.61 Å². The molecule has 20 heavy (non-hydrogen) atoms. The van der Waals surface area contributed by atoms with Crippen LogP contribution in [0.25, 0.3) is 0 Å². The molecular formula is C16H17Br2NO. The second-order valence-electron chi connectivity index (χ2n) is 4.57. The Morgan fingerprint density at radius 2 is 1.90 bits per heavy atom. The zero-order valence-corrected chi connectivity index (χ0v) is 14.7. The van der Waals surface area contributed by atoms with Gasteiger partial charge in [0, 0.05) is 26.1 Å². The lowest BCUT2D eigenvalue weighted by Crippen LogP contribution is -2.13. The van der Waals surface area contributed by atoms with E-state index in [9.17, 15) is 0 Å². The lowest BCUT2D eigenvalue weighted by Gasteiger charge is -2.17. The van der Waals surface area contributed by atoms with E-state index in [1.807, 2.05) is 37.4 Å². The van der Waals surface area contributed by atoms with E-state index >= 15 is 0 Å². The highest BCUT2D eigenvalue weighted by molar-refractivity contribution is 9.10. The zero-order valence-electron chi connectivity index (χ0n) is 11.5. The first-order valence-corrected chi connectivity index (χ1v) is 8.03. The molecule has 2 rings (SSSR count). The molecule has 0 aromatic heterocycles. The fourth-order valence-electron chi connectivity index (χ4n) is 1.92. The molecule has 2 nitrogen and oxygen atoms in total. The van der Waals surface area contributed by atoms with Crippen molar-refractivity contribution in [2.24, 2.45) is 0 Å². The highest BCUT2D eigenvalue weighted by Crippen LogP contribution is 2.29. The number of hydrogen-bond donors (Lipinski definition) is 1. The molecule has 4 heteroatoms. The van der Waals surface area contributed by atoms with Crippen LogP contribution in [0.1, 0.15) is 24.1 Å². The van der Waals surface area contributed by atoms with Crippen molar-refractivity contribution in [3.8, 4) is 5.75 Å². The third kappa shape index (κ3) is 3.84. The van der Waals surface area contributed by atoms with Gasteiger partial charge in [0.05, 0.1) is 0 Å². The minimum atomic E-state index is 0.238. The molecular weight excluding hydrogens is 382 g/mol. The number of nitrogens with one attached hydrogen (secondary N) is 1. The summed E-state index contributed by atoms with van der Waals surface area (Å²) >= 11 is 7.05. The van der Waals surface area contributed by atoms with Crippen LogP contribution in [0.15, 0.2) is 51.4 Å². The first-order chi connectivity index (χ1) is 9.61. The van der Waals surface area contributed by atoms with Crippen LogP contribution in [0.2, 0.25) is 0 Å². The van der Waals surface area contributed by atoms with Gasteiger partial charge in [-0.3, -0.25) is 0 Å². The third-order valence-corrected chi connectivity index (χ3v) is 4.48. The fraction of sp³-hybridized carbons (Fsp3) is 0.250. The van der Waals surface area contributed by atoms with Gasteiger partial charge in [-0.25, -0.2) is 0 Å². The van der Waals surface area contributed by atoms with Crippen molar-refractivity contribution >= 4 is 31.9 Å². The Morgan fingerprint density at radius 1 is 1.15 bits per heavy atom. The first-order valence-electron chi connectivity index (χ1n) is 6.44. The van der Waals surface area contributed by atoms with Gasteiger partial charge in [0.15, 0.2) is 0 Å². The van der Waals surface area contributed by atoms with Crippen molar-refractivity contribution < 1.29 is 4.74 Å². The molecule has 0 aliphatic rings. The molecule has 2 aromatic carbocycles. The lowest BCUT2D eigenvalue weighted by molar-refractivity contribution is 0.299. The Kier molecular flexibility index (Phi) is 5.64. The molecule has 2 aromatic rings. The first kappa shape index (κ1) is 15.5. The minimum Gasteiger partial charge on any atom is -0.489 e. The van der Waals surface area contributed by atoms with Gasteiger partial charge in [0.1, 0.15) is 12.4 Å². The summed E-state index contributed by atoms with van der Waals surface area (Å²) in [6, 6.07) is 14.4. The van der Waals surface area contributed by atoms with Crippen LogP contribution in [0.3, 0.4) is 0 Å². The van der Waals surface area contributed by atoms with E-state index in [4.69, 9.17) is 4.74 Å². The number of rotatable bonds is 5. The van der Waals surface area contributed by atoms with Crippen molar-refractivity contribution in [1.82, 2.24) is 5.32 Å². The number of ether oxygens (including phenoxy) is 1. The van der Waals surface area contributed by atoms with Crippen molar-refractivity contribution in [1.29, 1.82) is 0 Å². The average molecular weight is 399 g/mol. The van der Waals surface area contributed by atoms with Gasteiger partial charge in [-0.15, -0.1) is 0 Å². The van der Waals surface area contributed by atoms with Crippen molar-refractivity contribution in [2.75, 3.05) is 7.05 Å². The molecule has 0 amide bonds. The molecule has 0 saturated heterocycles. The maximum absolute atomic E-state index is 5.99. The Balaban J connectivity index is 2.19. The van der Waals surface area contributed by atoms with Gasteiger partial charge in [-0.2, -0.15) is 0 Å².